The first kappa shape index (κ1) is 20.8. The Hall–Kier alpha value is -2.97. The molecule has 0 aliphatic carbocycles. The van der Waals surface area contributed by atoms with Gasteiger partial charge >= 0.3 is 0 Å². The molecule has 0 saturated heterocycles. The van der Waals surface area contributed by atoms with Gasteiger partial charge in [-0.15, -0.1) is 5.10 Å². The summed E-state index contributed by atoms with van der Waals surface area (Å²) in [6, 6.07) is 14.0. The van der Waals surface area contributed by atoms with Crippen molar-refractivity contribution in [3.63, 3.8) is 0 Å². The molecule has 8 nitrogen and oxygen atoms in total. The lowest BCUT2D eigenvalue weighted by Crippen LogP contribution is -2.19. The van der Waals surface area contributed by atoms with Gasteiger partial charge in [-0.25, -0.2) is 0 Å². The van der Waals surface area contributed by atoms with E-state index in [-0.39, 0.29) is 6.61 Å². The summed E-state index contributed by atoms with van der Waals surface area (Å²) < 4.78 is 13.1. The molecule has 1 aromatic heterocycles. The molecule has 0 aliphatic heterocycles. The first-order valence-electron chi connectivity index (χ1n) is 9.70. The number of methoxy groups -OCH3 is 1. The highest BCUT2D eigenvalue weighted by Crippen LogP contribution is 2.28. The lowest BCUT2D eigenvalue weighted by atomic mass is 10.2. The van der Waals surface area contributed by atoms with Gasteiger partial charge < -0.3 is 20.1 Å². The number of aromatic nitrogens is 4. The molecule has 154 valence electrons. The quantitative estimate of drug-likeness (QED) is 0.481. The van der Waals surface area contributed by atoms with E-state index < -0.39 is 0 Å². The molecule has 0 atom stereocenters. The summed E-state index contributed by atoms with van der Waals surface area (Å²) in [5, 5.41) is 18.5. The summed E-state index contributed by atoms with van der Waals surface area (Å²) in [6.45, 7) is 5.03. The summed E-state index contributed by atoms with van der Waals surface area (Å²) in [5.41, 5.74) is 3.22. The second-order valence-electron chi connectivity index (χ2n) is 6.75. The first-order valence-corrected chi connectivity index (χ1v) is 9.70. The van der Waals surface area contributed by atoms with Crippen LogP contribution in [0.1, 0.15) is 23.4 Å². The van der Waals surface area contributed by atoms with E-state index in [0.717, 1.165) is 37.3 Å². The van der Waals surface area contributed by atoms with Crippen molar-refractivity contribution in [2.45, 2.75) is 26.5 Å². The number of nitrogens with one attached hydrogen (secondary N) is 2. The van der Waals surface area contributed by atoms with Crippen molar-refractivity contribution < 1.29 is 9.47 Å². The highest BCUT2D eigenvalue weighted by Gasteiger charge is 2.12. The van der Waals surface area contributed by atoms with E-state index >= 15 is 0 Å². The Kier molecular flexibility index (Phi) is 7.54. The molecule has 3 aromatic rings. The number of aryl methyl sites for hydroxylation is 1. The van der Waals surface area contributed by atoms with E-state index in [0.29, 0.717) is 17.3 Å². The Morgan fingerprint density at radius 2 is 1.86 bits per heavy atom. The summed E-state index contributed by atoms with van der Waals surface area (Å²) in [7, 11) is 3.60. The molecule has 0 radical (unpaired) electrons. The SMILES string of the molecule is CNCCCNCc1ccc(OCc2nnnn2-c2ccc(C)cc2)c(OC)c1. The van der Waals surface area contributed by atoms with Gasteiger partial charge in [-0.2, -0.15) is 4.68 Å². The molecule has 8 heteroatoms. The molecule has 0 bridgehead atoms. The van der Waals surface area contributed by atoms with E-state index in [2.05, 4.69) is 26.2 Å². The van der Waals surface area contributed by atoms with Crippen molar-refractivity contribution >= 4 is 0 Å². The molecule has 3 rings (SSSR count). The predicted octanol–water partition coefficient (Wildman–Crippen LogP) is 2.26. The summed E-state index contributed by atoms with van der Waals surface area (Å²) in [4.78, 5) is 0. The summed E-state index contributed by atoms with van der Waals surface area (Å²) in [6.07, 6.45) is 1.09. The molecule has 0 unspecified atom stereocenters. The van der Waals surface area contributed by atoms with Crippen molar-refractivity contribution in [2.75, 3.05) is 27.2 Å². The molecule has 1 heterocycles. The smallest absolute Gasteiger partial charge is 0.194 e. The average molecular weight is 396 g/mol. The molecule has 2 N–H and O–H groups in total. The van der Waals surface area contributed by atoms with Crippen molar-refractivity contribution in [3.05, 3.63) is 59.4 Å². The van der Waals surface area contributed by atoms with Gasteiger partial charge in [-0.3, -0.25) is 0 Å². The molecule has 0 spiro atoms. The largest absolute Gasteiger partial charge is 0.493 e. The van der Waals surface area contributed by atoms with Gasteiger partial charge in [0.15, 0.2) is 23.9 Å². The zero-order valence-corrected chi connectivity index (χ0v) is 17.2. The van der Waals surface area contributed by atoms with Gasteiger partial charge in [0.05, 0.1) is 12.8 Å². The minimum atomic E-state index is 0.235. The van der Waals surface area contributed by atoms with Gasteiger partial charge in [0, 0.05) is 6.54 Å². The predicted molar refractivity (Wildman–Crippen MR) is 111 cm³/mol. The number of nitrogens with zero attached hydrogens (tertiary/aromatic N) is 4. The fraction of sp³-hybridized carbons (Fsp3) is 0.381. The minimum Gasteiger partial charge on any atom is -0.493 e. The maximum absolute atomic E-state index is 5.95. The van der Waals surface area contributed by atoms with E-state index in [1.54, 1.807) is 11.8 Å². The fourth-order valence-corrected chi connectivity index (χ4v) is 2.89. The minimum absolute atomic E-state index is 0.235. The van der Waals surface area contributed by atoms with E-state index in [9.17, 15) is 0 Å². The number of rotatable bonds is 11. The van der Waals surface area contributed by atoms with Crippen LogP contribution in [-0.4, -0.2) is 47.5 Å². The molecular formula is C21H28N6O2. The lowest BCUT2D eigenvalue weighted by Gasteiger charge is -2.13. The van der Waals surface area contributed by atoms with Crippen LogP contribution in [0.3, 0.4) is 0 Å². The molecule has 0 amide bonds. The summed E-state index contributed by atoms with van der Waals surface area (Å²) >= 11 is 0. The maximum Gasteiger partial charge on any atom is 0.194 e. The molecule has 0 fully saturated rings. The number of ether oxygens (including phenoxy) is 2. The van der Waals surface area contributed by atoms with Crippen molar-refractivity contribution in [1.82, 2.24) is 30.8 Å². The van der Waals surface area contributed by atoms with Crippen LogP contribution in [0.5, 0.6) is 11.5 Å². The Morgan fingerprint density at radius 3 is 2.62 bits per heavy atom. The molecule has 0 saturated carbocycles. The second-order valence-corrected chi connectivity index (χ2v) is 6.75. The second kappa shape index (κ2) is 10.5. The third kappa shape index (κ3) is 5.75. The van der Waals surface area contributed by atoms with Gasteiger partial charge in [0.1, 0.15) is 0 Å². The molecule has 0 aliphatic rings. The fourth-order valence-electron chi connectivity index (χ4n) is 2.89. The Morgan fingerprint density at radius 1 is 1.03 bits per heavy atom. The van der Waals surface area contributed by atoms with Gasteiger partial charge in [-0.1, -0.05) is 23.8 Å². The number of hydrogen-bond donors (Lipinski definition) is 2. The molecule has 2 aromatic carbocycles. The highest BCUT2D eigenvalue weighted by atomic mass is 16.5. The molecular weight excluding hydrogens is 368 g/mol. The Labute approximate surface area is 171 Å². The zero-order chi connectivity index (χ0) is 20.5. The summed E-state index contributed by atoms with van der Waals surface area (Å²) in [5.74, 6) is 1.96. The Bertz CT molecular complexity index is 894. The number of tetrazole rings is 1. The lowest BCUT2D eigenvalue weighted by molar-refractivity contribution is 0.273. The normalized spacial score (nSPS) is 10.9. The van der Waals surface area contributed by atoms with Crippen molar-refractivity contribution in [2.24, 2.45) is 0 Å². The van der Waals surface area contributed by atoms with Crippen LogP contribution in [0.25, 0.3) is 5.69 Å². The van der Waals surface area contributed by atoms with Gasteiger partial charge in [0.25, 0.3) is 0 Å². The van der Waals surface area contributed by atoms with Gasteiger partial charge in [0.2, 0.25) is 0 Å². The van der Waals surface area contributed by atoms with Crippen LogP contribution in [0.2, 0.25) is 0 Å². The highest BCUT2D eigenvalue weighted by molar-refractivity contribution is 5.43. The third-order valence-electron chi connectivity index (χ3n) is 4.51. The zero-order valence-electron chi connectivity index (χ0n) is 17.2. The van der Waals surface area contributed by atoms with Crippen molar-refractivity contribution in [3.8, 4) is 17.2 Å². The number of benzene rings is 2. The van der Waals surface area contributed by atoms with E-state index in [1.807, 2.05) is 56.4 Å². The van der Waals surface area contributed by atoms with Crippen molar-refractivity contribution in [1.29, 1.82) is 0 Å². The maximum atomic E-state index is 5.95. The van der Waals surface area contributed by atoms with Crippen LogP contribution >= 0.6 is 0 Å². The average Bonchev–Trinajstić information content (AvgIpc) is 3.21. The van der Waals surface area contributed by atoms with Crippen LogP contribution in [0, 0.1) is 6.92 Å². The number of hydrogen-bond acceptors (Lipinski definition) is 7. The van der Waals surface area contributed by atoms with Crippen LogP contribution in [0.15, 0.2) is 42.5 Å². The molecule has 29 heavy (non-hydrogen) atoms. The topological polar surface area (TPSA) is 86.1 Å². The first-order chi connectivity index (χ1) is 14.2. The van der Waals surface area contributed by atoms with Crippen LogP contribution < -0.4 is 20.1 Å². The third-order valence-corrected chi connectivity index (χ3v) is 4.51. The monoisotopic (exact) mass is 396 g/mol. The Balaban J connectivity index is 1.62. The van der Waals surface area contributed by atoms with Gasteiger partial charge in [-0.05, 0) is 73.7 Å². The van der Waals surface area contributed by atoms with E-state index in [4.69, 9.17) is 9.47 Å². The van der Waals surface area contributed by atoms with E-state index in [1.165, 1.54) is 5.56 Å². The van der Waals surface area contributed by atoms with Crippen LogP contribution in [-0.2, 0) is 13.2 Å². The van der Waals surface area contributed by atoms with Crippen LogP contribution in [0.4, 0.5) is 0 Å². The standard InChI is InChI=1S/C21H28N6O2/c1-16-5-8-18(9-6-16)27-21(24-25-26-27)15-29-19-10-7-17(13-20(19)28-3)14-23-12-4-11-22-2/h5-10,13,22-23H,4,11-12,14-15H2,1-3H3.